The highest BCUT2D eigenvalue weighted by Gasteiger charge is 2.90. The van der Waals surface area contributed by atoms with Crippen LogP contribution in [0.2, 0.25) is 0 Å². The van der Waals surface area contributed by atoms with Gasteiger partial charge in [-0.15, -0.1) is 0 Å². The Morgan fingerprint density at radius 1 is 0.643 bits per heavy atom. The molecule has 0 N–H and O–H groups in total. The third kappa shape index (κ3) is 4.99. The Kier molecular flexibility index (Phi) is 8.60. The number of rotatable bonds is 10. The largest absolute Gasteiger partial charge is 0.460 e. The first-order valence-corrected chi connectivity index (χ1v) is 8.61. The lowest BCUT2D eigenvalue weighted by Crippen LogP contribution is -2.69. The van der Waals surface area contributed by atoms with Gasteiger partial charge >= 0.3 is 35.8 Å². The highest BCUT2D eigenvalue weighted by molar-refractivity contribution is 14.1. The van der Waals surface area contributed by atoms with Gasteiger partial charge in [0.2, 0.25) is 0 Å². The minimum absolute atomic E-state index is 0.142. The second kappa shape index (κ2) is 8.74. The van der Waals surface area contributed by atoms with Crippen molar-refractivity contribution >= 4 is 22.6 Å². The predicted octanol–water partition coefficient (Wildman–Crippen LogP) is 8.01. The molecule has 0 spiro atoms. The zero-order valence-corrected chi connectivity index (χ0v) is 16.1. The van der Waals surface area contributed by atoms with Crippen LogP contribution in [-0.2, 0) is 0 Å². The molecule has 0 saturated carbocycles. The fourth-order valence-corrected chi connectivity index (χ4v) is 2.63. The third-order valence-electron chi connectivity index (χ3n) is 3.56. The van der Waals surface area contributed by atoms with Crippen molar-refractivity contribution in [3.8, 4) is 0 Å². The fraction of sp³-hybridized carbons (Fsp3) is 0.857. The Morgan fingerprint density at radius 2 is 1.07 bits per heavy atom. The first-order valence-electron chi connectivity index (χ1n) is 7.53. The molecule has 0 aliphatic rings. The summed E-state index contributed by atoms with van der Waals surface area (Å²) in [4.78, 5) is 0. The molecule has 0 heterocycles. The van der Waals surface area contributed by atoms with E-state index in [1.54, 1.807) is 6.92 Å². The van der Waals surface area contributed by atoms with Crippen LogP contribution >= 0.6 is 22.6 Å². The van der Waals surface area contributed by atoms with Gasteiger partial charge in [-0.2, -0.15) is 57.1 Å². The van der Waals surface area contributed by atoms with Gasteiger partial charge in [0, 0.05) is 6.08 Å². The number of unbranched alkanes of at least 4 members (excludes halogenated alkanes) is 3. The van der Waals surface area contributed by atoms with Crippen LogP contribution in [0.4, 0.5) is 57.1 Å². The lowest BCUT2D eigenvalue weighted by Gasteiger charge is -2.39. The highest BCUT2D eigenvalue weighted by atomic mass is 127. The van der Waals surface area contributed by atoms with Gasteiger partial charge in [-0.05, 0) is 39.0 Å². The lowest BCUT2D eigenvalue weighted by molar-refractivity contribution is -0.436. The molecule has 0 fully saturated rings. The molecule has 0 aromatic rings. The summed E-state index contributed by atoms with van der Waals surface area (Å²) in [5, 5.41) is 0. The van der Waals surface area contributed by atoms with Crippen LogP contribution in [-0.4, -0.2) is 35.8 Å². The molecule has 28 heavy (non-hydrogen) atoms. The number of hydrogen-bond acceptors (Lipinski definition) is 0. The molecule has 0 radical (unpaired) electrons. The van der Waals surface area contributed by atoms with Crippen LogP contribution in [0, 0.1) is 0 Å². The fourth-order valence-electron chi connectivity index (χ4n) is 1.86. The van der Waals surface area contributed by atoms with E-state index >= 15 is 0 Å². The first kappa shape index (κ1) is 27.6. The zero-order valence-electron chi connectivity index (χ0n) is 13.9. The molecule has 0 unspecified atom stereocenters. The van der Waals surface area contributed by atoms with E-state index in [1.165, 1.54) is 0 Å². The van der Waals surface area contributed by atoms with Crippen molar-refractivity contribution in [2.24, 2.45) is 0 Å². The van der Waals surface area contributed by atoms with Crippen LogP contribution < -0.4 is 0 Å². The van der Waals surface area contributed by atoms with Crippen LogP contribution in [0.25, 0.3) is 0 Å². The minimum Gasteiger partial charge on any atom is -0.195 e. The van der Waals surface area contributed by atoms with Gasteiger partial charge in [0.15, 0.2) is 0 Å². The second-order valence-electron chi connectivity index (χ2n) is 5.82. The van der Waals surface area contributed by atoms with Crippen LogP contribution in [0.1, 0.15) is 39.0 Å². The van der Waals surface area contributed by atoms with Gasteiger partial charge in [0.05, 0.1) is 0 Å². The smallest absolute Gasteiger partial charge is 0.195 e. The summed E-state index contributed by atoms with van der Waals surface area (Å²) in [7, 11) is 0. The molecule has 168 valence electrons. The molecule has 14 heteroatoms. The maximum absolute atomic E-state index is 13.6. The number of halogens is 14. The predicted molar refractivity (Wildman–Crippen MR) is 81.7 cm³/mol. The summed E-state index contributed by atoms with van der Waals surface area (Å²) in [6.07, 6.45) is -6.68. The molecule has 0 aromatic carbocycles. The van der Waals surface area contributed by atoms with Crippen molar-refractivity contribution in [3.63, 3.8) is 0 Å². The maximum Gasteiger partial charge on any atom is 0.460 e. The van der Waals surface area contributed by atoms with Crippen LogP contribution in [0.5, 0.6) is 0 Å². The summed E-state index contributed by atoms with van der Waals surface area (Å²) in [6, 6.07) is 0. The Labute approximate surface area is 164 Å². The van der Waals surface area contributed by atoms with Gasteiger partial charge in [-0.3, -0.25) is 0 Å². The van der Waals surface area contributed by atoms with Gasteiger partial charge < -0.3 is 0 Å². The van der Waals surface area contributed by atoms with E-state index in [0.29, 0.717) is 19.3 Å². The first-order chi connectivity index (χ1) is 12.2. The van der Waals surface area contributed by atoms with E-state index < -0.39 is 45.4 Å². The molecule has 0 aliphatic carbocycles. The molecular formula is C14H14F13I. The van der Waals surface area contributed by atoms with E-state index in [0.717, 1.165) is 22.6 Å². The standard InChI is InChI=1S/C14H14F13I/c1-2-3-4-5-6-8(28)7-9(15,16)10(17,18)11(19,20)12(21,22)13(23,24)14(25,26)27/h7H,2-6H2,1H3/b8-7-. The van der Waals surface area contributed by atoms with Crippen molar-refractivity contribution in [2.75, 3.05) is 0 Å². The monoisotopic (exact) mass is 556 g/mol. The highest BCUT2D eigenvalue weighted by Crippen LogP contribution is 2.60. The summed E-state index contributed by atoms with van der Waals surface area (Å²) < 4.78 is 167. The summed E-state index contributed by atoms with van der Waals surface area (Å²) >= 11 is 1.02. The maximum atomic E-state index is 13.6. The van der Waals surface area contributed by atoms with Crippen molar-refractivity contribution < 1.29 is 57.1 Å². The average Bonchev–Trinajstić information content (AvgIpc) is 2.49. The molecule has 0 atom stereocenters. The van der Waals surface area contributed by atoms with Crippen molar-refractivity contribution in [1.29, 1.82) is 0 Å². The minimum atomic E-state index is -7.86. The van der Waals surface area contributed by atoms with Crippen molar-refractivity contribution in [1.82, 2.24) is 0 Å². The average molecular weight is 556 g/mol. The SMILES string of the molecule is CCCCCC/C(I)=C/C(F)(F)C(F)(F)C(F)(F)C(F)(F)C(F)(F)C(F)(F)F. The molecule has 0 amide bonds. The van der Waals surface area contributed by atoms with Crippen LogP contribution in [0.3, 0.4) is 0 Å². The second-order valence-corrected chi connectivity index (χ2v) is 7.21. The normalized spacial score (nSPS) is 15.9. The Morgan fingerprint density at radius 3 is 1.46 bits per heavy atom. The van der Waals surface area contributed by atoms with Gasteiger partial charge in [0.1, 0.15) is 0 Å². The van der Waals surface area contributed by atoms with Crippen molar-refractivity contribution in [2.45, 2.75) is 74.8 Å². The van der Waals surface area contributed by atoms with Crippen LogP contribution in [0.15, 0.2) is 9.66 Å². The molecule has 0 bridgehead atoms. The topological polar surface area (TPSA) is 0 Å². The third-order valence-corrected chi connectivity index (χ3v) is 4.42. The Bertz CT molecular complexity index is 548. The van der Waals surface area contributed by atoms with Gasteiger partial charge in [-0.25, -0.2) is 0 Å². The zero-order chi connectivity index (χ0) is 22.8. The number of alkyl halides is 13. The van der Waals surface area contributed by atoms with Crippen molar-refractivity contribution in [3.05, 3.63) is 9.66 Å². The molecular weight excluding hydrogens is 542 g/mol. The van der Waals surface area contributed by atoms with E-state index in [-0.39, 0.29) is 12.8 Å². The molecule has 0 aromatic heterocycles. The van der Waals surface area contributed by atoms with E-state index in [1.807, 2.05) is 0 Å². The molecule has 0 aliphatic heterocycles. The Balaban J connectivity index is 5.92. The van der Waals surface area contributed by atoms with Gasteiger partial charge in [0.25, 0.3) is 0 Å². The van der Waals surface area contributed by atoms with E-state index in [9.17, 15) is 57.1 Å². The quantitative estimate of drug-likeness (QED) is 0.145. The van der Waals surface area contributed by atoms with Gasteiger partial charge in [-0.1, -0.05) is 26.2 Å². The number of allylic oxidation sites excluding steroid dienone is 2. The van der Waals surface area contributed by atoms with E-state index in [4.69, 9.17) is 0 Å². The lowest BCUT2D eigenvalue weighted by atomic mass is 9.93. The van der Waals surface area contributed by atoms with E-state index in [2.05, 4.69) is 0 Å². The molecule has 0 rings (SSSR count). The number of hydrogen-bond donors (Lipinski definition) is 0. The summed E-state index contributed by atoms with van der Waals surface area (Å²) in [5.74, 6) is -36.7. The Hall–Kier alpha value is -0.440. The molecule has 0 saturated heterocycles. The summed E-state index contributed by atoms with van der Waals surface area (Å²) in [6.45, 7) is 1.77. The summed E-state index contributed by atoms with van der Waals surface area (Å²) in [5.41, 5.74) is 0. The molecule has 0 nitrogen and oxygen atoms in total.